The predicted octanol–water partition coefficient (Wildman–Crippen LogP) is 3.06. The van der Waals surface area contributed by atoms with E-state index in [0.717, 1.165) is 31.3 Å². The van der Waals surface area contributed by atoms with Gasteiger partial charge in [0.15, 0.2) is 0 Å². The number of alkyl halides is 1. The summed E-state index contributed by atoms with van der Waals surface area (Å²) in [5.74, 6) is 0.936. The van der Waals surface area contributed by atoms with Crippen LogP contribution in [-0.4, -0.2) is 29.2 Å². The number of hydrogen-bond donors (Lipinski definition) is 0. The van der Waals surface area contributed by atoms with E-state index in [-0.39, 0.29) is 5.91 Å². The molecule has 0 N–H and O–H groups in total. The highest BCUT2D eigenvalue weighted by atomic mass is 79.9. The van der Waals surface area contributed by atoms with Gasteiger partial charge in [0.2, 0.25) is 5.91 Å². The summed E-state index contributed by atoms with van der Waals surface area (Å²) < 4.78 is 0. The second kappa shape index (κ2) is 8.27. The minimum atomic E-state index is 0.274. The highest BCUT2D eigenvalue weighted by molar-refractivity contribution is 9.09. The topological polar surface area (TPSA) is 20.3 Å². The van der Waals surface area contributed by atoms with Gasteiger partial charge in [-0.15, -0.1) is 0 Å². The summed E-state index contributed by atoms with van der Waals surface area (Å²) in [5.41, 5.74) is 0. The summed E-state index contributed by atoms with van der Waals surface area (Å²) in [6.07, 6.45) is 2.94. The summed E-state index contributed by atoms with van der Waals surface area (Å²) in [4.78, 5) is 13.6. The Labute approximate surface area is 96.2 Å². The maximum atomic E-state index is 11.6. The molecule has 0 aromatic heterocycles. The fourth-order valence-electron chi connectivity index (χ4n) is 1.50. The average molecular weight is 264 g/mol. The van der Waals surface area contributed by atoms with E-state index >= 15 is 0 Å². The highest BCUT2D eigenvalue weighted by Crippen LogP contribution is 2.10. The summed E-state index contributed by atoms with van der Waals surface area (Å²) in [7, 11) is 0. The van der Waals surface area contributed by atoms with E-state index in [0.29, 0.717) is 12.3 Å². The number of hydrogen-bond acceptors (Lipinski definition) is 1. The van der Waals surface area contributed by atoms with Gasteiger partial charge in [0.05, 0.1) is 0 Å². The molecule has 0 atom stereocenters. The molecule has 0 aromatic rings. The highest BCUT2D eigenvalue weighted by Gasteiger charge is 2.14. The van der Waals surface area contributed by atoms with Crippen LogP contribution in [0.25, 0.3) is 0 Å². The molecular formula is C11H22BrNO. The number of amides is 1. The van der Waals surface area contributed by atoms with Crippen molar-refractivity contribution in [2.45, 2.75) is 40.0 Å². The molecule has 0 aliphatic rings. The lowest BCUT2D eigenvalue weighted by Gasteiger charge is -2.25. The largest absolute Gasteiger partial charge is 0.343 e. The molecule has 0 rings (SSSR count). The molecule has 1 amide bonds. The van der Waals surface area contributed by atoms with Crippen LogP contribution in [-0.2, 0) is 4.79 Å². The van der Waals surface area contributed by atoms with Gasteiger partial charge in [0, 0.05) is 24.8 Å². The molecule has 0 aliphatic heterocycles. The molecule has 0 spiro atoms. The van der Waals surface area contributed by atoms with Gasteiger partial charge in [-0.1, -0.05) is 42.6 Å². The molecule has 0 heterocycles. The Balaban J connectivity index is 4.05. The van der Waals surface area contributed by atoms with Crippen LogP contribution in [0.1, 0.15) is 40.0 Å². The Morgan fingerprint density at radius 2 is 1.86 bits per heavy atom. The Hall–Kier alpha value is -0.0500. The number of rotatable bonds is 7. The molecule has 0 radical (unpaired) electrons. The molecule has 3 heteroatoms. The third kappa shape index (κ3) is 4.99. The van der Waals surface area contributed by atoms with Crippen molar-refractivity contribution in [1.82, 2.24) is 4.90 Å². The van der Waals surface area contributed by atoms with Crippen LogP contribution in [0.15, 0.2) is 0 Å². The second-order valence-electron chi connectivity index (χ2n) is 3.55. The van der Waals surface area contributed by atoms with Gasteiger partial charge >= 0.3 is 0 Å². The molecule has 84 valence electrons. The van der Waals surface area contributed by atoms with Crippen molar-refractivity contribution < 1.29 is 4.79 Å². The van der Waals surface area contributed by atoms with Gasteiger partial charge in [0.1, 0.15) is 0 Å². The van der Waals surface area contributed by atoms with Crippen LogP contribution in [0.3, 0.4) is 0 Å². The monoisotopic (exact) mass is 263 g/mol. The zero-order valence-corrected chi connectivity index (χ0v) is 11.1. The van der Waals surface area contributed by atoms with Crippen molar-refractivity contribution in [1.29, 1.82) is 0 Å². The first-order valence-corrected chi connectivity index (χ1v) is 6.65. The van der Waals surface area contributed by atoms with E-state index in [9.17, 15) is 4.79 Å². The lowest BCUT2D eigenvalue weighted by Crippen LogP contribution is -2.35. The fourth-order valence-corrected chi connectivity index (χ4v) is 1.84. The van der Waals surface area contributed by atoms with Crippen molar-refractivity contribution in [2.24, 2.45) is 5.92 Å². The minimum Gasteiger partial charge on any atom is -0.343 e. The van der Waals surface area contributed by atoms with Gasteiger partial charge in [0.25, 0.3) is 0 Å². The van der Waals surface area contributed by atoms with Crippen LogP contribution < -0.4 is 0 Å². The quantitative estimate of drug-likeness (QED) is 0.647. The first-order valence-electron chi connectivity index (χ1n) is 5.53. The van der Waals surface area contributed by atoms with E-state index in [1.807, 2.05) is 4.90 Å². The zero-order valence-electron chi connectivity index (χ0n) is 9.55. The molecule has 0 fully saturated rings. The van der Waals surface area contributed by atoms with Crippen molar-refractivity contribution in [3.63, 3.8) is 0 Å². The average Bonchev–Trinajstić information content (AvgIpc) is 2.20. The molecule has 0 aromatic carbocycles. The molecular weight excluding hydrogens is 242 g/mol. The first-order chi connectivity index (χ1) is 6.69. The van der Waals surface area contributed by atoms with Crippen molar-refractivity contribution in [2.75, 3.05) is 18.4 Å². The van der Waals surface area contributed by atoms with E-state index in [1.54, 1.807) is 0 Å². The van der Waals surface area contributed by atoms with Gasteiger partial charge in [-0.2, -0.15) is 0 Å². The zero-order chi connectivity index (χ0) is 11.0. The van der Waals surface area contributed by atoms with Crippen molar-refractivity contribution in [3.8, 4) is 0 Å². The third-order valence-electron chi connectivity index (χ3n) is 2.68. The second-order valence-corrected chi connectivity index (χ2v) is 4.35. The van der Waals surface area contributed by atoms with E-state index in [4.69, 9.17) is 0 Å². The summed E-state index contributed by atoms with van der Waals surface area (Å²) in [6.45, 7) is 8.19. The van der Waals surface area contributed by atoms with Crippen LogP contribution >= 0.6 is 15.9 Å². The van der Waals surface area contributed by atoms with Crippen LogP contribution in [0, 0.1) is 5.92 Å². The molecule has 0 aliphatic carbocycles. The van der Waals surface area contributed by atoms with E-state index in [2.05, 4.69) is 36.7 Å². The summed E-state index contributed by atoms with van der Waals surface area (Å²) in [6, 6.07) is 0. The Bertz CT molecular complexity index is 157. The van der Waals surface area contributed by atoms with Crippen LogP contribution in [0.4, 0.5) is 0 Å². The molecule has 14 heavy (non-hydrogen) atoms. The van der Waals surface area contributed by atoms with E-state index < -0.39 is 0 Å². The molecule has 0 unspecified atom stereocenters. The summed E-state index contributed by atoms with van der Waals surface area (Å²) in [5, 5.41) is 0.769. The van der Waals surface area contributed by atoms with Crippen molar-refractivity contribution >= 4 is 21.8 Å². The standard InChI is InChI=1S/C11H22BrNO/c1-4-10(5-2)9-13(6-3)11(14)7-8-12/h10H,4-9H2,1-3H3. The fraction of sp³-hybridized carbons (Fsp3) is 0.909. The van der Waals surface area contributed by atoms with Crippen molar-refractivity contribution in [3.05, 3.63) is 0 Å². The maximum absolute atomic E-state index is 11.6. The normalized spacial score (nSPS) is 10.6. The van der Waals surface area contributed by atoms with Crippen LogP contribution in [0.2, 0.25) is 0 Å². The number of carbonyl (C=O) groups excluding carboxylic acids is 1. The Morgan fingerprint density at radius 1 is 1.29 bits per heavy atom. The van der Waals surface area contributed by atoms with Gasteiger partial charge in [-0.05, 0) is 12.8 Å². The molecule has 0 bridgehead atoms. The lowest BCUT2D eigenvalue weighted by molar-refractivity contribution is -0.131. The van der Waals surface area contributed by atoms with Gasteiger partial charge in [-0.25, -0.2) is 0 Å². The smallest absolute Gasteiger partial charge is 0.223 e. The third-order valence-corrected chi connectivity index (χ3v) is 3.07. The first kappa shape index (κ1) is 13.9. The molecule has 0 saturated carbocycles. The Kier molecular flexibility index (Phi) is 8.24. The van der Waals surface area contributed by atoms with E-state index in [1.165, 1.54) is 0 Å². The van der Waals surface area contributed by atoms with Crippen LogP contribution in [0.5, 0.6) is 0 Å². The Morgan fingerprint density at radius 3 is 2.21 bits per heavy atom. The number of carbonyl (C=O) groups is 1. The summed E-state index contributed by atoms with van der Waals surface area (Å²) >= 11 is 3.30. The molecule has 0 saturated heterocycles. The number of nitrogens with zero attached hydrogens (tertiary/aromatic N) is 1. The van der Waals surface area contributed by atoms with Gasteiger partial charge in [-0.3, -0.25) is 4.79 Å². The minimum absolute atomic E-state index is 0.274. The SMILES string of the molecule is CCC(CC)CN(CC)C(=O)CCBr. The van der Waals surface area contributed by atoms with Gasteiger partial charge < -0.3 is 4.90 Å². The lowest BCUT2D eigenvalue weighted by atomic mass is 10.0. The molecule has 2 nitrogen and oxygen atoms in total. The number of halogens is 1. The maximum Gasteiger partial charge on any atom is 0.223 e. The predicted molar refractivity (Wildman–Crippen MR) is 64.7 cm³/mol.